The zero-order chi connectivity index (χ0) is 8.20. The molecule has 0 bridgehead atoms. The third-order valence-electron chi connectivity index (χ3n) is 0.595. The normalized spacial score (nSPS) is 12.5. The van der Waals surface area contributed by atoms with Gasteiger partial charge in [-0.3, -0.25) is 5.21 Å². The van der Waals surface area contributed by atoms with E-state index < -0.39 is 11.4 Å². The maximum Gasteiger partial charge on any atom is 0.507 e. The Balaban J connectivity index is 3.84. The number of alkyl halides is 4. The third-order valence-corrected chi connectivity index (χ3v) is 0.969. The number of halogens is 4. The van der Waals surface area contributed by atoms with Gasteiger partial charge in [-0.25, -0.2) is 0 Å². The average Bonchev–Trinajstić information content (AvgIpc) is 1.80. The quantitative estimate of drug-likeness (QED) is 0.437. The lowest BCUT2D eigenvalue weighted by Gasteiger charge is -2.14. The van der Waals surface area contributed by atoms with Crippen molar-refractivity contribution in [3.8, 4) is 0 Å². The van der Waals surface area contributed by atoms with E-state index in [2.05, 4.69) is 15.9 Å². The molecular formula is C4H5BrF3NO. The van der Waals surface area contributed by atoms with E-state index in [1.807, 2.05) is 0 Å². The van der Waals surface area contributed by atoms with Gasteiger partial charge in [-0.1, -0.05) is 22.0 Å². The van der Waals surface area contributed by atoms with E-state index in [0.717, 1.165) is 6.08 Å². The van der Waals surface area contributed by atoms with Gasteiger partial charge in [0.25, 0.3) is 0 Å². The zero-order valence-corrected chi connectivity index (χ0v) is 6.35. The average molecular weight is 220 g/mol. The van der Waals surface area contributed by atoms with Crippen molar-refractivity contribution in [2.24, 2.45) is 0 Å². The molecule has 0 rings (SSSR count). The van der Waals surface area contributed by atoms with Crippen LogP contribution in [0.3, 0.4) is 0 Å². The Morgan fingerprint density at radius 1 is 1.50 bits per heavy atom. The number of nitrogens with zero attached hydrogens (tertiary/aromatic N) is 1. The Bertz CT molecular complexity index is 124. The molecule has 6 heteroatoms. The standard InChI is InChI=1S/C4H5BrF3NO/c5-2-1-3-9(10)4(6,7)8/h1,3,10H,2H2/b3-1+. The molecule has 10 heavy (non-hydrogen) atoms. The van der Waals surface area contributed by atoms with Gasteiger partial charge in [0.15, 0.2) is 0 Å². The summed E-state index contributed by atoms with van der Waals surface area (Å²) < 4.78 is 34.1. The van der Waals surface area contributed by atoms with Crippen LogP contribution in [-0.2, 0) is 0 Å². The van der Waals surface area contributed by atoms with Gasteiger partial charge in [0.1, 0.15) is 0 Å². The predicted octanol–water partition coefficient (Wildman–Crippen LogP) is 2.11. The molecule has 0 aliphatic heterocycles. The van der Waals surface area contributed by atoms with Crippen LogP contribution in [0.15, 0.2) is 12.3 Å². The van der Waals surface area contributed by atoms with E-state index in [0.29, 0.717) is 6.20 Å². The van der Waals surface area contributed by atoms with Crippen LogP contribution >= 0.6 is 15.9 Å². The first kappa shape index (κ1) is 9.77. The molecule has 0 heterocycles. The molecule has 0 aromatic carbocycles. The molecule has 0 radical (unpaired) electrons. The highest BCUT2D eigenvalue weighted by atomic mass is 79.9. The summed E-state index contributed by atoms with van der Waals surface area (Å²) in [5.74, 6) is 0. The lowest BCUT2D eigenvalue weighted by Crippen LogP contribution is -2.29. The minimum absolute atomic E-state index is 0.264. The highest BCUT2D eigenvalue weighted by Crippen LogP contribution is 2.18. The lowest BCUT2D eigenvalue weighted by molar-refractivity contribution is -0.327. The molecule has 0 saturated heterocycles. The zero-order valence-electron chi connectivity index (χ0n) is 4.77. The molecule has 1 N–H and O–H groups in total. The third kappa shape index (κ3) is 3.73. The summed E-state index contributed by atoms with van der Waals surface area (Å²) in [6.45, 7) is 0. The van der Waals surface area contributed by atoms with Crippen LogP contribution in [-0.4, -0.2) is 21.9 Å². The lowest BCUT2D eigenvalue weighted by atomic mass is 10.7. The number of hydrogen-bond acceptors (Lipinski definition) is 2. The van der Waals surface area contributed by atoms with Crippen molar-refractivity contribution in [3.63, 3.8) is 0 Å². The first-order valence-corrected chi connectivity index (χ1v) is 3.38. The number of allylic oxidation sites excluding steroid dienone is 1. The first-order chi connectivity index (χ1) is 4.48. The van der Waals surface area contributed by atoms with Crippen LogP contribution in [0, 0.1) is 0 Å². The van der Waals surface area contributed by atoms with Gasteiger partial charge >= 0.3 is 6.30 Å². The smallest absolute Gasteiger partial charge is 0.282 e. The Morgan fingerprint density at radius 2 is 2.00 bits per heavy atom. The van der Waals surface area contributed by atoms with Gasteiger partial charge in [0, 0.05) is 11.5 Å². The van der Waals surface area contributed by atoms with E-state index >= 15 is 0 Å². The Labute approximate surface area is 64.0 Å². The van der Waals surface area contributed by atoms with E-state index in [1.54, 1.807) is 0 Å². The molecule has 0 spiro atoms. The molecule has 0 amide bonds. The number of hydrogen-bond donors (Lipinski definition) is 1. The maximum atomic E-state index is 11.4. The molecule has 0 saturated carbocycles. The fourth-order valence-electron chi connectivity index (χ4n) is 0.224. The van der Waals surface area contributed by atoms with Gasteiger partial charge in [-0.2, -0.15) is 5.06 Å². The summed E-state index contributed by atoms with van der Waals surface area (Å²) in [5, 5.41) is 7.57. The van der Waals surface area contributed by atoms with Crippen LogP contribution in [0.5, 0.6) is 0 Å². The van der Waals surface area contributed by atoms with Gasteiger partial charge in [0.05, 0.1) is 0 Å². The number of rotatable bonds is 2. The maximum absolute atomic E-state index is 11.4. The van der Waals surface area contributed by atoms with Crippen molar-refractivity contribution in [1.82, 2.24) is 5.06 Å². The molecule has 0 atom stereocenters. The van der Waals surface area contributed by atoms with Gasteiger partial charge < -0.3 is 0 Å². The van der Waals surface area contributed by atoms with Crippen molar-refractivity contribution in [3.05, 3.63) is 12.3 Å². The molecule has 60 valence electrons. The highest BCUT2D eigenvalue weighted by molar-refractivity contribution is 9.09. The van der Waals surface area contributed by atoms with Crippen molar-refractivity contribution >= 4 is 15.9 Å². The van der Waals surface area contributed by atoms with Crippen LogP contribution in [0.25, 0.3) is 0 Å². The largest absolute Gasteiger partial charge is 0.507 e. The molecule has 0 aliphatic rings. The minimum atomic E-state index is -4.71. The van der Waals surface area contributed by atoms with Crippen LogP contribution < -0.4 is 0 Å². The summed E-state index contributed by atoms with van der Waals surface area (Å²) >= 11 is 2.85. The summed E-state index contributed by atoms with van der Waals surface area (Å²) in [7, 11) is 0. The van der Waals surface area contributed by atoms with Gasteiger partial charge in [-0.15, -0.1) is 13.2 Å². The van der Waals surface area contributed by atoms with Crippen LogP contribution in [0.1, 0.15) is 0 Å². The van der Waals surface area contributed by atoms with Crippen molar-refractivity contribution in [2.75, 3.05) is 5.33 Å². The van der Waals surface area contributed by atoms with Gasteiger partial charge in [-0.05, 0) is 0 Å². The molecule has 0 fully saturated rings. The minimum Gasteiger partial charge on any atom is -0.282 e. The second kappa shape index (κ2) is 3.82. The first-order valence-electron chi connectivity index (χ1n) is 2.26. The summed E-state index contributed by atoms with van der Waals surface area (Å²) in [6, 6.07) is 0. The monoisotopic (exact) mass is 219 g/mol. The van der Waals surface area contributed by atoms with E-state index in [4.69, 9.17) is 5.21 Å². The Morgan fingerprint density at radius 3 is 2.30 bits per heavy atom. The van der Waals surface area contributed by atoms with E-state index in [-0.39, 0.29) is 5.33 Å². The predicted molar refractivity (Wildman–Crippen MR) is 32.6 cm³/mol. The van der Waals surface area contributed by atoms with Crippen LogP contribution in [0.4, 0.5) is 13.2 Å². The topological polar surface area (TPSA) is 23.5 Å². The summed E-state index contributed by atoms with van der Waals surface area (Å²) in [6.07, 6.45) is -3.07. The van der Waals surface area contributed by atoms with Crippen LogP contribution in [0.2, 0.25) is 0 Å². The molecule has 0 unspecified atom stereocenters. The second-order valence-electron chi connectivity index (χ2n) is 1.35. The second-order valence-corrected chi connectivity index (χ2v) is 2.00. The molecule has 2 nitrogen and oxygen atoms in total. The van der Waals surface area contributed by atoms with E-state index in [9.17, 15) is 13.2 Å². The molecule has 0 aromatic rings. The summed E-state index contributed by atoms with van der Waals surface area (Å²) in [4.78, 5) is 0. The number of hydroxylamine groups is 2. The van der Waals surface area contributed by atoms with Crippen molar-refractivity contribution in [2.45, 2.75) is 6.30 Å². The fraction of sp³-hybridized carbons (Fsp3) is 0.500. The Kier molecular flexibility index (Phi) is 3.73. The van der Waals surface area contributed by atoms with Crippen molar-refractivity contribution in [1.29, 1.82) is 0 Å². The SMILES string of the molecule is ON(/C=C/CBr)C(F)(F)F. The van der Waals surface area contributed by atoms with E-state index in [1.165, 1.54) is 0 Å². The highest BCUT2D eigenvalue weighted by Gasteiger charge is 2.33. The van der Waals surface area contributed by atoms with Crippen molar-refractivity contribution < 1.29 is 18.4 Å². The summed E-state index contributed by atoms with van der Waals surface area (Å²) in [5.41, 5.74) is 0. The van der Waals surface area contributed by atoms with Gasteiger partial charge in [0.2, 0.25) is 0 Å². The molecule has 0 aromatic heterocycles. The fourth-order valence-corrected chi connectivity index (χ4v) is 0.391. The molecular weight excluding hydrogens is 215 g/mol. The Hall–Kier alpha value is -0.230. The molecule has 0 aliphatic carbocycles.